The predicted octanol–water partition coefficient (Wildman–Crippen LogP) is 6.36. The van der Waals surface area contributed by atoms with Gasteiger partial charge in [0.15, 0.2) is 11.6 Å². The van der Waals surface area contributed by atoms with Crippen LogP contribution in [0.25, 0.3) is 5.57 Å². The van der Waals surface area contributed by atoms with Gasteiger partial charge in [0.25, 0.3) is 0 Å². The van der Waals surface area contributed by atoms with Crippen LogP contribution in [0.4, 0.5) is 8.78 Å². The molecule has 1 atom stereocenters. The lowest BCUT2D eigenvalue weighted by Crippen LogP contribution is -2.22. The number of allylic oxidation sites excluding steroid dienone is 2. The van der Waals surface area contributed by atoms with Crippen LogP contribution < -0.4 is 0 Å². The fourth-order valence-corrected chi connectivity index (χ4v) is 4.31. The molecule has 1 fully saturated rings. The summed E-state index contributed by atoms with van der Waals surface area (Å²) in [4.78, 5) is 0. The van der Waals surface area contributed by atoms with Crippen LogP contribution in [0.5, 0.6) is 0 Å². The quantitative estimate of drug-likeness (QED) is 0.609. The molecule has 0 N–H and O–H groups in total. The summed E-state index contributed by atoms with van der Waals surface area (Å²) in [5, 5.41) is 0. The number of hydrogen-bond acceptors (Lipinski definition) is 0. The Balaban J connectivity index is 1.61. The lowest BCUT2D eigenvalue weighted by molar-refractivity contribution is 0.192. The first-order valence-corrected chi connectivity index (χ1v) is 8.81. The van der Waals surface area contributed by atoms with E-state index in [-0.39, 0.29) is 0 Å². The molecule has 0 heterocycles. The second-order valence-electron chi connectivity index (χ2n) is 7.08. The standard InChI is InChI=1S/C20H26F2/c1-2-14-3-5-15(6-4-14)16-7-9-17(10-8-16)18-11-12-19(21)20(22)13-18/h9,11-16H,2-8,10H2,1H3. The molecular weight excluding hydrogens is 278 g/mol. The normalized spacial score (nSPS) is 29.2. The Labute approximate surface area is 132 Å². The minimum atomic E-state index is -0.759. The van der Waals surface area contributed by atoms with Gasteiger partial charge in [-0.3, -0.25) is 0 Å². The molecule has 1 saturated carbocycles. The maximum atomic E-state index is 13.4. The van der Waals surface area contributed by atoms with Crippen molar-refractivity contribution >= 4 is 5.57 Å². The molecule has 0 nitrogen and oxygen atoms in total. The maximum Gasteiger partial charge on any atom is 0.159 e. The highest BCUT2D eigenvalue weighted by molar-refractivity contribution is 5.66. The van der Waals surface area contributed by atoms with Gasteiger partial charge < -0.3 is 0 Å². The van der Waals surface area contributed by atoms with Crippen molar-refractivity contribution in [2.24, 2.45) is 17.8 Å². The molecule has 0 bridgehead atoms. The molecule has 2 aliphatic rings. The molecule has 0 spiro atoms. The second-order valence-corrected chi connectivity index (χ2v) is 7.08. The van der Waals surface area contributed by atoms with Gasteiger partial charge in [-0.25, -0.2) is 8.78 Å². The Kier molecular flexibility index (Phi) is 4.95. The molecule has 2 aliphatic carbocycles. The summed E-state index contributed by atoms with van der Waals surface area (Å²) >= 11 is 0. The SMILES string of the molecule is CCC1CCC(C2CC=C(c3ccc(F)c(F)c3)CC2)CC1. The molecule has 0 aliphatic heterocycles. The van der Waals surface area contributed by atoms with E-state index >= 15 is 0 Å². The molecule has 2 heteroatoms. The minimum Gasteiger partial charge on any atom is -0.204 e. The van der Waals surface area contributed by atoms with Gasteiger partial charge in [0.05, 0.1) is 0 Å². The Morgan fingerprint density at radius 1 is 0.955 bits per heavy atom. The van der Waals surface area contributed by atoms with Gasteiger partial charge in [-0.15, -0.1) is 0 Å². The summed E-state index contributed by atoms with van der Waals surface area (Å²) in [6.07, 6.45) is 12.5. The molecule has 1 aromatic rings. The average Bonchev–Trinajstić information content (AvgIpc) is 2.58. The van der Waals surface area contributed by atoms with Crippen LogP contribution in [0, 0.1) is 29.4 Å². The zero-order chi connectivity index (χ0) is 15.5. The van der Waals surface area contributed by atoms with E-state index in [0.29, 0.717) is 0 Å². The summed E-state index contributed by atoms with van der Waals surface area (Å²) in [7, 11) is 0. The molecule has 1 unspecified atom stereocenters. The molecule has 120 valence electrons. The fraction of sp³-hybridized carbons (Fsp3) is 0.600. The molecule has 0 radical (unpaired) electrons. The molecule has 0 saturated heterocycles. The van der Waals surface area contributed by atoms with E-state index in [0.717, 1.165) is 36.2 Å². The van der Waals surface area contributed by atoms with Gasteiger partial charge in [0.2, 0.25) is 0 Å². The first kappa shape index (κ1) is 15.7. The highest BCUT2D eigenvalue weighted by Crippen LogP contribution is 2.41. The van der Waals surface area contributed by atoms with Gasteiger partial charge in [-0.1, -0.05) is 38.3 Å². The van der Waals surface area contributed by atoms with E-state index in [1.807, 2.05) is 0 Å². The highest BCUT2D eigenvalue weighted by Gasteiger charge is 2.28. The van der Waals surface area contributed by atoms with E-state index in [4.69, 9.17) is 0 Å². The first-order chi connectivity index (χ1) is 10.7. The summed E-state index contributed by atoms with van der Waals surface area (Å²) in [5.41, 5.74) is 2.05. The van der Waals surface area contributed by atoms with Crippen LogP contribution in [-0.2, 0) is 0 Å². The Hall–Kier alpha value is -1.18. The Bertz CT molecular complexity index is 539. The fourth-order valence-electron chi connectivity index (χ4n) is 4.31. The third kappa shape index (κ3) is 3.42. The van der Waals surface area contributed by atoms with Gasteiger partial charge in [-0.2, -0.15) is 0 Å². The molecule has 22 heavy (non-hydrogen) atoms. The highest BCUT2D eigenvalue weighted by atomic mass is 19.2. The zero-order valence-electron chi connectivity index (χ0n) is 13.5. The van der Waals surface area contributed by atoms with Crippen molar-refractivity contribution in [2.75, 3.05) is 0 Å². The maximum absolute atomic E-state index is 13.4. The average molecular weight is 304 g/mol. The van der Waals surface area contributed by atoms with Crippen LogP contribution in [0.3, 0.4) is 0 Å². The smallest absolute Gasteiger partial charge is 0.159 e. The van der Waals surface area contributed by atoms with Crippen molar-refractivity contribution in [3.8, 4) is 0 Å². The third-order valence-electron chi connectivity index (χ3n) is 5.88. The Morgan fingerprint density at radius 3 is 2.32 bits per heavy atom. The molecule has 3 rings (SSSR count). The van der Waals surface area contributed by atoms with E-state index in [2.05, 4.69) is 13.0 Å². The van der Waals surface area contributed by atoms with Crippen molar-refractivity contribution in [3.63, 3.8) is 0 Å². The molecule has 0 aromatic heterocycles. The number of halogens is 2. The van der Waals surface area contributed by atoms with Crippen molar-refractivity contribution in [1.82, 2.24) is 0 Å². The molecule has 0 amide bonds. The van der Waals surface area contributed by atoms with Crippen LogP contribution in [0.2, 0.25) is 0 Å². The largest absolute Gasteiger partial charge is 0.204 e. The molecular formula is C20H26F2. The van der Waals surface area contributed by atoms with E-state index < -0.39 is 11.6 Å². The third-order valence-corrected chi connectivity index (χ3v) is 5.88. The number of benzene rings is 1. The number of hydrogen-bond donors (Lipinski definition) is 0. The summed E-state index contributed by atoms with van der Waals surface area (Å²) < 4.78 is 26.4. The van der Waals surface area contributed by atoms with Gasteiger partial charge in [0, 0.05) is 0 Å². The molecule has 1 aromatic carbocycles. The zero-order valence-corrected chi connectivity index (χ0v) is 13.5. The monoisotopic (exact) mass is 304 g/mol. The van der Waals surface area contributed by atoms with Crippen molar-refractivity contribution in [3.05, 3.63) is 41.5 Å². The van der Waals surface area contributed by atoms with Crippen LogP contribution in [0.1, 0.15) is 63.9 Å². The van der Waals surface area contributed by atoms with E-state index in [9.17, 15) is 8.78 Å². The summed E-state index contributed by atoms with van der Waals surface area (Å²) in [6.45, 7) is 2.31. The first-order valence-electron chi connectivity index (χ1n) is 8.81. The van der Waals surface area contributed by atoms with Crippen LogP contribution >= 0.6 is 0 Å². The lowest BCUT2D eigenvalue weighted by Gasteiger charge is -2.35. The summed E-state index contributed by atoms with van der Waals surface area (Å²) in [5.74, 6) is 1.13. The van der Waals surface area contributed by atoms with Gasteiger partial charge in [-0.05, 0) is 73.1 Å². The van der Waals surface area contributed by atoms with Gasteiger partial charge in [0.1, 0.15) is 0 Å². The predicted molar refractivity (Wildman–Crippen MR) is 87.4 cm³/mol. The topological polar surface area (TPSA) is 0 Å². The van der Waals surface area contributed by atoms with Crippen molar-refractivity contribution in [2.45, 2.75) is 58.3 Å². The van der Waals surface area contributed by atoms with Gasteiger partial charge >= 0.3 is 0 Å². The minimum absolute atomic E-state index is 0.738. The lowest BCUT2D eigenvalue weighted by atomic mass is 9.70. The second kappa shape index (κ2) is 6.93. The van der Waals surface area contributed by atoms with Crippen LogP contribution in [-0.4, -0.2) is 0 Å². The summed E-state index contributed by atoms with van der Waals surface area (Å²) in [6, 6.07) is 4.29. The Morgan fingerprint density at radius 2 is 1.73 bits per heavy atom. The van der Waals surface area contributed by atoms with Crippen molar-refractivity contribution < 1.29 is 8.78 Å². The van der Waals surface area contributed by atoms with E-state index in [1.165, 1.54) is 56.2 Å². The number of rotatable bonds is 3. The van der Waals surface area contributed by atoms with Crippen molar-refractivity contribution in [1.29, 1.82) is 0 Å². The van der Waals surface area contributed by atoms with E-state index in [1.54, 1.807) is 6.07 Å². The van der Waals surface area contributed by atoms with Crippen LogP contribution in [0.15, 0.2) is 24.3 Å².